The van der Waals surface area contributed by atoms with Gasteiger partial charge in [-0.1, -0.05) is 0 Å². The summed E-state index contributed by atoms with van der Waals surface area (Å²) in [6, 6.07) is 7.09. The van der Waals surface area contributed by atoms with E-state index in [2.05, 4.69) is 15.2 Å². The molecule has 0 bridgehead atoms. The van der Waals surface area contributed by atoms with Crippen LogP contribution in [0.1, 0.15) is 60.6 Å². The second kappa shape index (κ2) is 8.50. The van der Waals surface area contributed by atoms with Crippen LogP contribution in [0.5, 0.6) is 0 Å². The highest BCUT2D eigenvalue weighted by Gasteiger charge is 2.29. The molecule has 1 amide bonds. The number of nitrogens with zero attached hydrogens (tertiary/aromatic N) is 3. The third kappa shape index (κ3) is 3.95. The van der Waals surface area contributed by atoms with Gasteiger partial charge >= 0.3 is 0 Å². The van der Waals surface area contributed by atoms with Crippen LogP contribution in [-0.2, 0) is 0 Å². The summed E-state index contributed by atoms with van der Waals surface area (Å²) in [5.74, 6) is -1.07. The smallest absolute Gasteiger partial charge is 0.270 e. The fourth-order valence-electron chi connectivity index (χ4n) is 4.96. The largest absolute Gasteiger partial charge is 0.393 e. The summed E-state index contributed by atoms with van der Waals surface area (Å²) in [4.78, 5) is 19.3. The molecule has 2 aromatic heterocycles. The number of nitrogens with one attached hydrogen (secondary N) is 1. The fourth-order valence-corrected chi connectivity index (χ4v) is 4.96. The van der Waals surface area contributed by atoms with Crippen LogP contribution in [0.2, 0.25) is 0 Å². The molecule has 168 valence electrons. The van der Waals surface area contributed by atoms with Gasteiger partial charge in [0.05, 0.1) is 24.0 Å². The van der Waals surface area contributed by atoms with Crippen LogP contribution >= 0.6 is 0 Å². The van der Waals surface area contributed by atoms with Crippen LogP contribution in [0.25, 0.3) is 5.65 Å². The zero-order valence-corrected chi connectivity index (χ0v) is 17.7. The Bertz CT molecular complexity index is 1140. The highest BCUT2D eigenvalue weighted by atomic mass is 19.1. The van der Waals surface area contributed by atoms with Gasteiger partial charge in [0.2, 0.25) is 0 Å². The first-order valence-corrected chi connectivity index (χ1v) is 11.2. The summed E-state index contributed by atoms with van der Waals surface area (Å²) in [6.07, 6.45) is 7.60. The number of anilines is 1. The number of rotatable bonds is 4. The molecule has 0 unspecified atom stereocenters. The van der Waals surface area contributed by atoms with E-state index in [9.17, 15) is 18.7 Å². The van der Waals surface area contributed by atoms with Crippen molar-refractivity contribution in [3.05, 3.63) is 65.6 Å². The summed E-state index contributed by atoms with van der Waals surface area (Å²) in [5, 5.41) is 12.7. The predicted molar refractivity (Wildman–Crippen MR) is 117 cm³/mol. The van der Waals surface area contributed by atoms with E-state index in [1.807, 2.05) is 18.3 Å². The topological polar surface area (TPSA) is 69.9 Å². The first kappa shape index (κ1) is 20.9. The average molecular weight is 440 g/mol. The van der Waals surface area contributed by atoms with E-state index >= 15 is 0 Å². The van der Waals surface area contributed by atoms with Crippen LogP contribution in [-0.4, -0.2) is 39.1 Å². The number of imidazole rings is 1. The Kier molecular flexibility index (Phi) is 5.55. The number of carbonyl (C=O) groups excluding carboxylic acids is 1. The number of halogens is 2. The van der Waals surface area contributed by atoms with E-state index in [1.165, 1.54) is 12.1 Å². The fraction of sp³-hybridized carbons (Fsp3) is 0.417. The summed E-state index contributed by atoms with van der Waals surface area (Å²) in [5.41, 5.74) is 2.26. The molecule has 6 nitrogen and oxygen atoms in total. The molecule has 3 heterocycles. The molecule has 1 aliphatic heterocycles. The number of fused-ring (bicyclic) bond motifs is 1. The normalized spacial score (nSPS) is 23.6. The van der Waals surface area contributed by atoms with Gasteiger partial charge in [-0.3, -0.25) is 9.20 Å². The second-order valence-electron chi connectivity index (χ2n) is 8.76. The Labute approximate surface area is 184 Å². The van der Waals surface area contributed by atoms with E-state index in [4.69, 9.17) is 0 Å². The third-order valence-corrected chi connectivity index (χ3v) is 6.66. The van der Waals surface area contributed by atoms with Gasteiger partial charge in [-0.2, -0.15) is 0 Å². The minimum absolute atomic E-state index is 0.0403. The Morgan fingerprint density at radius 1 is 1.09 bits per heavy atom. The Hall–Kier alpha value is -3.00. The van der Waals surface area contributed by atoms with Gasteiger partial charge in [-0.15, -0.1) is 0 Å². The molecule has 2 N–H and O–H groups in total. The molecule has 0 radical (unpaired) electrons. The first-order chi connectivity index (χ1) is 15.5. The number of hydrogen-bond acceptors (Lipinski definition) is 4. The van der Waals surface area contributed by atoms with Crippen molar-refractivity contribution in [3.8, 4) is 0 Å². The number of carbonyl (C=O) groups is 1. The Balaban J connectivity index is 1.42. The number of benzene rings is 1. The van der Waals surface area contributed by atoms with E-state index in [0.29, 0.717) is 36.3 Å². The summed E-state index contributed by atoms with van der Waals surface area (Å²) in [6.45, 7) is 0.715. The zero-order chi connectivity index (χ0) is 22.2. The zero-order valence-electron chi connectivity index (χ0n) is 17.7. The van der Waals surface area contributed by atoms with Gasteiger partial charge in [-0.05, 0) is 68.9 Å². The number of aliphatic hydroxyl groups is 1. The molecular weight excluding hydrogens is 414 g/mol. The van der Waals surface area contributed by atoms with Gasteiger partial charge < -0.3 is 15.3 Å². The molecule has 5 rings (SSSR count). The Morgan fingerprint density at radius 3 is 2.72 bits per heavy atom. The second-order valence-corrected chi connectivity index (χ2v) is 8.76. The molecule has 32 heavy (non-hydrogen) atoms. The van der Waals surface area contributed by atoms with Crippen LogP contribution < -0.4 is 10.2 Å². The van der Waals surface area contributed by atoms with Crippen molar-refractivity contribution in [3.63, 3.8) is 0 Å². The number of aromatic nitrogens is 2. The van der Waals surface area contributed by atoms with Crippen molar-refractivity contribution in [1.29, 1.82) is 0 Å². The molecule has 3 aromatic rings. The lowest BCUT2D eigenvalue weighted by Gasteiger charge is -2.28. The molecule has 8 heteroatoms. The van der Waals surface area contributed by atoms with E-state index < -0.39 is 11.6 Å². The third-order valence-electron chi connectivity index (χ3n) is 6.66. The van der Waals surface area contributed by atoms with E-state index in [1.54, 1.807) is 10.6 Å². The van der Waals surface area contributed by atoms with Crippen LogP contribution in [0.4, 0.5) is 14.5 Å². The van der Waals surface area contributed by atoms with Crippen molar-refractivity contribution in [2.75, 3.05) is 11.4 Å². The standard InChI is InChI=1S/C24H26F2N4O2/c25-15-3-9-20(26)19(12-15)21-2-1-11-29(21)17-6-10-23-27-13-22(30(23)14-17)24(32)28-16-4-7-18(31)8-5-16/h3,6,9-10,12-14,16,18,21,31H,1-2,4-5,7-8,11H2,(H,28,32)/t16-,18-,21-/m0/s1. The number of amides is 1. The van der Waals surface area contributed by atoms with Crippen molar-refractivity contribution in [1.82, 2.24) is 14.7 Å². The molecule has 1 aromatic carbocycles. The monoisotopic (exact) mass is 440 g/mol. The van der Waals surface area contributed by atoms with Crippen molar-refractivity contribution < 1.29 is 18.7 Å². The molecule has 1 saturated carbocycles. The highest BCUT2D eigenvalue weighted by Crippen LogP contribution is 2.37. The van der Waals surface area contributed by atoms with Crippen molar-refractivity contribution in [2.24, 2.45) is 0 Å². The lowest BCUT2D eigenvalue weighted by atomic mass is 9.93. The van der Waals surface area contributed by atoms with Gasteiger partial charge in [0.25, 0.3) is 5.91 Å². The SMILES string of the molecule is O=C(N[C@H]1CC[C@H](O)CC1)c1cnc2ccc(N3CCC[C@H]3c3cc(F)ccc3F)cn12. The maximum atomic E-state index is 14.5. The minimum Gasteiger partial charge on any atom is -0.393 e. The van der Waals surface area contributed by atoms with E-state index in [-0.39, 0.29) is 24.1 Å². The maximum absolute atomic E-state index is 14.5. The lowest BCUT2D eigenvalue weighted by Crippen LogP contribution is -2.39. The highest BCUT2D eigenvalue weighted by molar-refractivity contribution is 5.93. The molecule has 1 atom stereocenters. The number of pyridine rings is 1. The van der Waals surface area contributed by atoms with E-state index in [0.717, 1.165) is 37.4 Å². The quantitative estimate of drug-likeness (QED) is 0.644. The van der Waals surface area contributed by atoms with Crippen LogP contribution in [0.3, 0.4) is 0 Å². The molecular formula is C24H26F2N4O2. The predicted octanol–water partition coefficient (Wildman–Crippen LogP) is 3.99. The summed E-state index contributed by atoms with van der Waals surface area (Å²) < 4.78 is 30.0. The van der Waals surface area contributed by atoms with Gasteiger partial charge in [0, 0.05) is 24.3 Å². The maximum Gasteiger partial charge on any atom is 0.270 e. The molecule has 1 saturated heterocycles. The van der Waals surface area contributed by atoms with Gasteiger partial charge in [-0.25, -0.2) is 13.8 Å². The molecule has 0 spiro atoms. The Morgan fingerprint density at radius 2 is 1.91 bits per heavy atom. The summed E-state index contributed by atoms with van der Waals surface area (Å²) >= 11 is 0. The van der Waals surface area contributed by atoms with Gasteiger partial charge in [0.15, 0.2) is 0 Å². The first-order valence-electron chi connectivity index (χ1n) is 11.2. The van der Waals surface area contributed by atoms with Gasteiger partial charge in [0.1, 0.15) is 23.0 Å². The average Bonchev–Trinajstić information content (AvgIpc) is 3.43. The minimum atomic E-state index is -0.451. The number of hydrogen-bond donors (Lipinski definition) is 2. The van der Waals surface area contributed by atoms with Crippen LogP contribution in [0.15, 0.2) is 42.7 Å². The number of aliphatic hydroxyl groups excluding tert-OH is 1. The molecule has 2 fully saturated rings. The van der Waals surface area contributed by atoms with Crippen LogP contribution in [0, 0.1) is 11.6 Å². The molecule has 1 aliphatic carbocycles. The van der Waals surface area contributed by atoms with Crippen molar-refractivity contribution in [2.45, 2.75) is 56.7 Å². The molecule has 2 aliphatic rings. The summed E-state index contributed by atoms with van der Waals surface area (Å²) in [7, 11) is 0. The van der Waals surface area contributed by atoms with Crippen molar-refractivity contribution >= 4 is 17.2 Å². The lowest BCUT2D eigenvalue weighted by molar-refractivity contribution is 0.0862.